The second kappa shape index (κ2) is 14.2. The molecule has 3 amide bonds. The molecule has 1 aliphatic rings. The number of carbonyl (C=O) groups excluding carboxylic acids is 3. The van der Waals surface area contributed by atoms with Crippen LogP contribution >= 0.6 is 0 Å². The highest BCUT2D eigenvalue weighted by Crippen LogP contribution is 2.38. The van der Waals surface area contributed by atoms with Crippen molar-refractivity contribution in [2.24, 2.45) is 17.4 Å². The molecule has 1 fully saturated rings. The molecule has 0 spiro atoms. The lowest BCUT2D eigenvalue weighted by atomic mass is 9.80. The maximum absolute atomic E-state index is 12.1. The molecular formula is C26H44BN3O7. The number of benzene rings is 1. The van der Waals surface area contributed by atoms with E-state index >= 15 is 0 Å². The average Bonchev–Trinajstić information content (AvgIpc) is 2.96. The van der Waals surface area contributed by atoms with Crippen LogP contribution in [-0.4, -0.2) is 48.6 Å². The van der Waals surface area contributed by atoms with Gasteiger partial charge in [-0.1, -0.05) is 36.8 Å². The number of rotatable bonds is 10. The molecule has 0 bridgehead atoms. The monoisotopic (exact) mass is 521 g/mol. The van der Waals surface area contributed by atoms with Gasteiger partial charge in [-0.3, -0.25) is 4.79 Å². The molecule has 1 aromatic rings. The summed E-state index contributed by atoms with van der Waals surface area (Å²) in [4.78, 5) is 33.3. The van der Waals surface area contributed by atoms with E-state index in [0.717, 1.165) is 24.7 Å². The summed E-state index contributed by atoms with van der Waals surface area (Å²) in [5.74, 6) is -0.316. The van der Waals surface area contributed by atoms with Gasteiger partial charge in [0, 0.05) is 6.54 Å². The maximum atomic E-state index is 12.1. The molecule has 11 heteroatoms. The van der Waals surface area contributed by atoms with Crippen LogP contribution in [0.25, 0.3) is 0 Å². The third-order valence-corrected chi connectivity index (χ3v) is 6.02. The van der Waals surface area contributed by atoms with Gasteiger partial charge in [-0.25, -0.2) is 9.59 Å². The second-order valence-corrected chi connectivity index (χ2v) is 11.1. The zero-order valence-corrected chi connectivity index (χ0v) is 23.3. The van der Waals surface area contributed by atoms with Gasteiger partial charge in [0.1, 0.15) is 12.2 Å². The summed E-state index contributed by atoms with van der Waals surface area (Å²) >= 11 is 0. The van der Waals surface area contributed by atoms with E-state index in [2.05, 4.69) is 10.1 Å². The van der Waals surface area contributed by atoms with Crippen molar-refractivity contribution in [1.82, 2.24) is 5.32 Å². The summed E-state index contributed by atoms with van der Waals surface area (Å²) in [7, 11) is -0.258. The van der Waals surface area contributed by atoms with Gasteiger partial charge in [0.2, 0.25) is 0 Å². The predicted octanol–water partition coefficient (Wildman–Crippen LogP) is 4.16. The minimum Gasteiger partial charge on any atom is -0.460 e. The number of nitrogens with one attached hydrogen (secondary N) is 1. The molecule has 0 saturated carbocycles. The Morgan fingerprint density at radius 3 is 2.08 bits per heavy atom. The van der Waals surface area contributed by atoms with Crippen molar-refractivity contribution in [1.29, 1.82) is 0 Å². The lowest BCUT2D eigenvalue weighted by Gasteiger charge is -2.32. The van der Waals surface area contributed by atoms with Crippen LogP contribution in [0.2, 0.25) is 6.32 Å². The standard InChI is InChI=1S/C18H35BN2O5.C8H9NO2/c1-16(2,3)24-14(22)11-13(12-21-15(20)23)9-8-10-19-25-17(4,5)18(6,7)26-19;9-8(10)11-6-7-4-2-1-3-5-7/h13H,8-12H2,1-7H3,(H3,20,21,23);1-5H,6H2,(H2,9,10). The van der Waals surface area contributed by atoms with Crippen molar-refractivity contribution in [3.63, 3.8) is 0 Å². The molecule has 2 rings (SSSR count). The number of primary amides is 2. The van der Waals surface area contributed by atoms with Crippen LogP contribution < -0.4 is 16.8 Å². The average molecular weight is 521 g/mol. The number of nitrogens with two attached hydrogens (primary N) is 2. The fourth-order valence-corrected chi connectivity index (χ4v) is 3.52. The molecule has 1 unspecified atom stereocenters. The van der Waals surface area contributed by atoms with Crippen molar-refractivity contribution < 1.29 is 33.2 Å². The highest BCUT2D eigenvalue weighted by molar-refractivity contribution is 6.45. The number of urea groups is 1. The van der Waals surface area contributed by atoms with Gasteiger partial charge in [-0.15, -0.1) is 0 Å². The van der Waals surface area contributed by atoms with Crippen LogP contribution in [0.4, 0.5) is 9.59 Å². The summed E-state index contributed by atoms with van der Waals surface area (Å²) in [5, 5.41) is 2.59. The van der Waals surface area contributed by atoms with Gasteiger partial charge in [-0.2, -0.15) is 0 Å². The highest BCUT2D eigenvalue weighted by atomic mass is 16.7. The summed E-state index contributed by atoms with van der Waals surface area (Å²) in [5.41, 5.74) is 9.65. The SMILES string of the molecule is CC(C)(C)OC(=O)CC(CCCB1OC(C)(C)C(C)(C)O1)CNC(N)=O.NC(=O)OCc1ccccc1. The number of hydrogen-bond acceptors (Lipinski definition) is 7. The van der Waals surface area contributed by atoms with Crippen LogP contribution in [0.1, 0.15) is 73.3 Å². The Morgan fingerprint density at radius 1 is 1.03 bits per heavy atom. The Labute approximate surface area is 221 Å². The lowest BCUT2D eigenvalue weighted by Crippen LogP contribution is -2.41. The second-order valence-electron chi connectivity index (χ2n) is 11.1. The summed E-state index contributed by atoms with van der Waals surface area (Å²) < 4.78 is 21.9. The summed E-state index contributed by atoms with van der Waals surface area (Å²) in [6.07, 6.45) is 1.78. The zero-order chi connectivity index (χ0) is 28.3. The quantitative estimate of drug-likeness (QED) is 0.309. The first-order valence-electron chi connectivity index (χ1n) is 12.6. The first-order chi connectivity index (χ1) is 17.0. The van der Waals surface area contributed by atoms with Crippen molar-refractivity contribution in [2.75, 3.05) is 6.54 Å². The van der Waals surface area contributed by atoms with Crippen LogP contribution in [0.15, 0.2) is 30.3 Å². The Balaban J connectivity index is 0.000000516. The van der Waals surface area contributed by atoms with Gasteiger partial charge >= 0.3 is 25.2 Å². The van der Waals surface area contributed by atoms with E-state index in [1.54, 1.807) is 0 Å². The van der Waals surface area contributed by atoms with E-state index in [0.29, 0.717) is 6.54 Å². The molecule has 1 aliphatic heterocycles. The zero-order valence-electron chi connectivity index (χ0n) is 23.3. The van der Waals surface area contributed by atoms with Crippen LogP contribution in [0, 0.1) is 5.92 Å². The van der Waals surface area contributed by atoms with E-state index < -0.39 is 17.7 Å². The van der Waals surface area contributed by atoms with Crippen LogP contribution in [0.3, 0.4) is 0 Å². The smallest absolute Gasteiger partial charge is 0.457 e. The van der Waals surface area contributed by atoms with Crippen molar-refractivity contribution >= 4 is 25.2 Å². The van der Waals surface area contributed by atoms with Crippen molar-refractivity contribution in [3.05, 3.63) is 35.9 Å². The van der Waals surface area contributed by atoms with E-state index in [4.69, 9.17) is 25.5 Å². The van der Waals surface area contributed by atoms with E-state index in [-0.39, 0.29) is 43.2 Å². The van der Waals surface area contributed by atoms with E-state index in [1.807, 2.05) is 78.8 Å². The lowest BCUT2D eigenvalue weighted by molar-refractivity contribution is -0.156. The molecule has 1 atom stereocenters. The first-order valence-corrected chi connectivity index (χ1v) is 12.6. The highest BCUT2D eigenvalue weighted by Gasteiger charge is 2.50. The number of ether oxygens (including phenoxy) is 2. The Morgan fingerprint density at radius 2 is 1.59 bits per heavy atom. The van der Waals surface area contributed by atoms with Crippen LogP contribution in [-0.2, 0) is 30.2 Å². The van der Waals surface area contributed by atoms with Gasteiger partial charge in [0.15, 0.2) is 0 Å². The van der Waals surface area contributed by atoms with Gasteiger partial charge < -0.3 is 35.6 Å². The maximum Gasteiger partial charge on any atom is 0.457 e. The topological polar surface area (TPSA) is 152 Å². The molecule has 5 N–H and O–H groups in total. The van der Waals surface area contributed by atoms with E-state index in [1.165, 1.54) is 0 Å². The largest absolute Gasteiger partial charge is 0.460 e. The minimum atomic E-state index is -0.742. The third-order valence-electron chi connectivity index (χ3n) is 6.02. The predicted molar refractivity (Wildman–Crippen MR) is 142 cm³/mol. The van der Waals surface area contributed by atoms with E-state index in [9.17, 15) is 14.4 Å². The first kappa shape index (κ1) is 32.2. The third kappa shape index (κ3) is 13.4. The summed E-state index contributed by atoms with van der Waals surface area (Å²) in [6, 6.07) is 8.78. The fourth-order valence-electron chi connectivity index (χ4n) is 3.52. The number of amides is 3. The van der Waals surface area contributed by atoms with Gasteiger partial charge in [0.05, 0.1) is 17.6 Å². The molecular weight excluding hydrogens is 477 g/mol. The Hall–Kier alpha value is -2.79. The number of carbonyl (C=O) groups is 3. The Bertz CT molecular complexity index is 857. The molecule has 1 heterocycles. The molecule has 208 valence electrons. The molecule has 0 radical (unpaired) electrons. The molecule has 1 saturated heterocycles. The number of hydrogen-bond donors (Lipinski definition) is 3. The van der Waals surface area contributed by atoms with Gasteiger partial charge in [-0.05, 0) is 72.7 Å². The molecule has 0 aliphatic carbocycles. The summed E-state index contributed by atoms with van der Waals surface area (Å²) in [6.45, 7) is 14.2. The molecule has 37 heavy (non-hydrogen) atoms. The minimum absolute atomic E-state index is 0.0419. The Kier molecular flexibility index (Phi) is 12.4. The molecule has 1 aromatic carbocycles. The molecule has 0 aromatic heterocycles. The fraction of sp³-hybridized carbons (Fsp3) is 0.654. The number of esters is 1. The normalized spacial score (nSPS) is 16.7. The van der Waals surface area contributed by atoms with Gasteiger partial charge in [0.25, 0.3) is 0 Å². The molecule has 10 nitrogen and oxygen atoms in total. The van der Waals surface area contributed by atoms with Crippen LogP contribution in [0.5, 0.6) is 0 Å². The van der Waals surface area contributed by atoms with Crippen molar-refractivity contribution in [3.8, 4) is 0 Å². The van der Waals surface area contributed by atoms with Crippen molar-refractivity contribution in [2.45, 2.75) is 97.5 Å².